The summed E-state index contributed by atoms with van der Waals surface area (Å²) >= 11 is 1.42. The first-order valence-corrected chi connectivity index (χ1v) is 8.69. The first-order valence-electron chi connectivity index (χ1n) is 7.71. The van der Waals surface area contributed by atoms with Crippen LogP contribution in [0.3, 0.4) is 0 Å². The molecule has 1 aliphatic rings. The van der Waals surface area contributed by atoms with E-state index in [4.69, 9.17) is 9.47 Å². The molecule has 130 valence electrons. The summed E-state index contributed by atoms with van der Waals surface area (Å²) in [5.74, 6) is -0.533. The smallest absolute Gasteiger partial charge is 0.346 e. The molecule has 0 N–H and O–H groups in total. The van der Waals surface area contributed by atoms with Crippen LogP contribution in [0.15, 0.2) is 23.1 Å². The van der Waals surface area contributed by atoms with E-state index < -0.39 is 16.9 Å². The van der Waals surface area contributed by atoms with E-state index >= 15 is 0 Å². The minimum Gasteiger partial charge on any atom is -0.496 e. The fourth-order valence-corrected chi connectivity index (χ4v) is 4.06. The largest absolute Gasteiger partial charge is 0.496 e. The molecule has 0 bridgehead atoms. The van der Waals surface area contributed by atoms with Crippen molar-refractivity contribution in [2.24, 2.45) is 0 Å². The van der Waals surface area contributed by atoms with E-state index in [1.165, 1.54) is 37.1 Å². The topological polar surface area (TPSA) is 95.7 Å². The Morgan fingerprint density at radius 1 is 1.20 bits per heavy atom. The van der Waals surface area contributed by atoms with Gasteiger partial charge in [0.1, 0.15) is 5.75 Å². The molecule has 2 aromatic carbocycles. The second-order valence-corrected chi connectivity index (χ2v) is 6.58. The van der Waals surface area contributed by atoms with Crippen LogP contribution in [0.5, 0.6) is 5.75 Å². The van der Waals surface area contributed by atoms with Crippen LogP contribution in [0.4, 0.5) is 5.69 Å². The monoisotopic (exact) mass is 361 g/mol. The average Bonchev–Trinajstić information content (AvgIpc) is 2.59. The summed E-state index contributed by atoms with van der Waals surface area (Å²) in [7, 11) is 1.44. The molecule has 25 heavy (non-hydrogen) atoms. The lowest BCUT2D eigenvalue weighted by atomic mass is 9.95. The highest BCUT2D eigenvalue weighted by molar-refractivity contribution is 7.99. The third-order valence-electron chi connectivity index (χ3n) is 3.97. The van der Waals surface area contributed by atoms with Gasteiger partial charge in [-0.1, -0.05) is 13.3 Å². The Bertz CT molecular complexity index is 908. The Labute approximate surface area is 147 Å². The van der Waals surface area contributed by atoms with E-state index in [2.05, 4.69) is 0 Å². The molecule has 3 rings (SSSR count). The molecule has 0 amide bonds. The molecule has 0 aromatic heterocycles. The number of nitro groups is 1. The fourth-order valence-electron chi connectivity index (χ4n) is 2.78. The lowest BCUT2D eigenvalue weighted by molar-refractivity contribution is -0.383. The van der Waals surface area contributed by atoms with Crippen molar-refractivity contribution in [1.82, 2.24) is 0 Å². The van der Waals surface area contributed by atoms with E-state index in [9.17, 15) is 19.7 Å². The van der Waals surface area contributed by atoms with E-state index in [1.807, 2.05) is 6.92 Å². The second-order valence-electron chi connectivity index (χ2n) is 5.47. The minimum atomic E-state index is -0.827. The van der Waals surface area contributed by atoms with Gasteiger partial charge in [-0.2, -0.15) is 0 Å². The normalized spacial score (nSPS) is 13.0. The molecular formula is C17H15NO6S. The van der Waals surface area contributed by atoms with Crippen molar-refractivity contribution in [1.29, 1.82) is 0 Å². The number of nitro benzene ring substituents is 1. The number of carbonyl (C=O) groups is 2. The maximum Gasteiger partial charge on any atom is 0.346 e. The fraction of sp³-hybridized carbons (Fsp3) is 0.294. The van der Waals surface area contributed by atoms with Crippen LogP contribution >= 0.6 is 11.8 Å². The van der Waals surface area contributed by atoms with Crippen molar-refractivity contribution < 1.29 is 24.0 Å². The van der Waals surface area contributed by atoms with E-state index in [0.29, 0.717) is 10.6 Å². The zero-order chi connectivity index (χ0) is 18.1. The maximum atomic E-state index is 12.1. The number of esters is 2. The third-order valence-corrected chi connectivity index (χ3v) is 5.15. The van der Waals surface area contributed by atoms with Gasteiger partial charge in [-0.05, 0) is 24.3 Å². The van der Waals surface area contributed by atoms with Gasteiger partial charge >= 0.3 is 11.9 Å². The lowest BCUT2D eigenvalue weighted by Crippen LogP contribution is -2.20. The van der Waals surface area contributed by atoms with Crippen LogP contribution in [0.1, 0.15) is 40.5 Å². The number of methoxy groups -OCH3 is 1. The number of rotatable bonds is 6. The predicted molar refractivity (Wildman–Crippen MR) is 92.5 cm³/mol. The van der Waals surface area contributed by atoms with Crippen LogP contribution in [0.25, 0.3) is 10.8 Å². The Balaban J connectivity index is 2.41. The molecule has 7 nitrogen and oxygen atoms in total. The number of hydrogen-bond acceptors (Lipinski definition) is 7. The Morgan fingerprint density at radius 3 is 2.56 bits per heavy atom. The zero-order valence-electron chi connectivity index (χ0n) is 13.7. The molecular weight excluding hydrogens is 346 g/mol. The maximum absolute atomic E-state index is 12.1. The van der Waals surface area contributed by atoms with Gasteiger partial charge in [0.15, 0.2) is 0 Å². The van der Waals surface area contributed by atoms with Crippen molar-refractivity contribution in [2.75, 3.05) is 12.9 Å². The molecule has 1 aliphatic heterocycles. The second kappa shape index (κ2) is 6.72. The summed E-state index contributed by atoms with van der Waals surface area (Å²) in [4.78, 5) is 35.8. The summed E-state index contributed by atoms with van der Waals surface area (Å²) in [6, 6.07) is 4.08. The molecule has 0 saturated carbocycles. The standard InChI is InChI=1S/C17H15NO6S/c1-3-4-7-25-15-12(23-2)8-10-13-9(16(19)24-17(10)20)5-6-11(14(13)15)18(21)22/h5-6,8H,3-4,7H2,1-2H3. The molecule has 0 atom stereocenters. The highest BCUT2D eigenvalue weighted by Gasteiger charge is 2.33. The zero-order valence-corrected chi connectivity index (χ0v) is 14.5. The number of thioether (sulfide) groups is 1. The molecule has 1 heterocycles. The molecule has 0 unspecified atom stereocenters. The van der Waals surface area contributed by atoms with Gasteiger partial charge < -0.3 is 9.47 Å². The van der Waals surface area contributed by atoms with Crippen molar-refractivity contribution >= 4 is 40.2 Å². The minimum absolute atomic E-state index is 0.102. The number of carbonyl (C=O) groups excluding carboxylic acids is 2. The SMILES string of the molecule is CCCCSc1c(OC)cc2c3c(ccc([N+](=O)[O-])c13)C(=O)OC2=O. The third kappa shape index (κ3) is 2.82. The number of ether oxygens (including phenoxy) is 2. The van der Waals surface area contributed by atoms with E-state index in [-0.39, 0.29) is 27.6 Å². The predicted octanol–water partition coefficient (Wildman–Crippen LogP) is 3.96. The quantitative estimate of drug-likeness (QED) is 0.192. The summed E-state index contributed by atoms with van der Waals surface area (Å²) < 4.78 is 10.1. The number of non-ortho nitro benzene ring substituents is 1. The average molecular weight is 361 g/mol. The van der Waals surface area contributed by atoms with Crippen molar-refractivity contribution in [2.45, 2.75) is 24.7 Å². The Hall–Kier alpha value is -2.61. The van der Waals surface area contributed by atoms with Crippen molar-refractivity contribution in [3.05, 3.63) is 39.4 Å². The van der Waals surface area contributed by atoms with Gasteiger partial charge in [-0.15, -0.1) is 11.8 Å². The molecule has 0 spiro atoms. The summed E-state index contributed by atoms with van der Waals surface area (Å²) in [6.45, 7) is 2.05. The van der Waals surface area contributed by atoms with Crippen LogP contribution in [0, 0.1) is 10.1 Å². The van der Waals surface area contributed by atoms with E-state index in [0.717, 1.165) is 18.6 Å². The van der Waals surface area contributed by atoms with Crippen LogP contribution in [0.2, 0.25) is 0 Å². The highest BCUT2D eigenvalue weighted by atomic mass is 32.2. The Morgan fingerprint density at radius 2 is 1.92 bits per heavy atom. The van der Waals surface area contributed by atoms with Gasteiger partial charge in [0.25, 0.3) is 5.69 Å². The molecule has 8 heteroatoms. The van der Waals surface area contributed by atoms with Crippen molar-refractivity contribution in [3.63, 3.8) is 0 Å². The number of hydrogen-bond donors (Lipinski definition) is 0. The summed E-state index contributed by atoms with van der Waals surface area (Å²) in [5, 5.41) is 12.1. The number of cyclic esters (lactones) is 2. The van der Waals surface area contributed by atoms with Gasteiger partial charge in [-0.3, -0.25) is 10.1 Å². The highest BCUT2D eigenvalue weighted by Crippen LogP contribution is 2.45. The van der Waals surface area contributed by atoms with Crippen LogP contribution < -0.4 is 4.74 Å². The first-order chi connectivity index (χ1) is 12.0. The van der Waals surface area contributed by atoms with Gasteiger partial charge in [0, 0.05) is 11.5 Å². The summed E-state index contributed by atoms with van der Waals surface area (Å²) in [6.07, 6.45) is 1.90. The van der Waals surface area contributed by atoms with E-state index in [1.54, 1.807) is 0 Å². The van der Waals surface area contributed by atoms with Crippen LogP contribution in [-0.2, 0) is 4.74 Å². The number of unbranched alkanes of at least 4 members (excludes halogenated alkanes) is 1. The summed E-state index contributed by atoms with van der Waals surface area (Å²) in [5.41, 5.74) is 0.0839. The first kappa shape index (κ1) is 17.2. The lowest BCUT2D eigenvalue weighted by Gasteiger charge is -2.19. The van der Waals surface area contributed by atoms with Crippen molar-refractivity contribution in [3.8, 4) is 5.75 Å². The van der Waals surface area contributed by atoms with Gasteiger partial charge in [0.05, 0.1) is 33.4 Å². The molecule has 0 radical (unpaired) electrons. The van der Waals surface area contributed by atoms with Crippen LogP contribution in [-0.4, -0.2) is 29.7 Å². The molecule has 2 aromatic rings. The molecule has 0 aliphatic carbocycles. The Kier molecular flexibility index (Phi) is 4.63. The number of nitrogens with zero attached hydrogens (tertiary/aromatic N) is 1. The van der Waals surface area contributed by atoms with Gasteiger partial charge in [0.2, 0.25) is 0 Å². The molecule has 0 saturated heterocycles. The van der Waals surface area contributed by atoms with Gasteiger partial charge in [-0.25, -0.2) is 9.59 Å². The number of benzene rings is 2. The molecule has 0 fully saturated rings.